The molecule has 0 aliphatic rings. The number of nitrogens with one attached hydrogen (secondary N) is 2. The van der Waals surface area contributed by atoms with Crippen molar-refractivity contribution in [1.82, 2.24) is 9.97 Å². The summed E-state index contributed by atoms with van der Waals surface area (Å²) in [5, 5.41) is 0. The molecule has 1 rings (SSSR count). The minimum Gasteiger partial charge on any atom is -0.324 e. The second-order valence-electron chi connectivity index (χ2n) is 2.11. The molecule has 0 bridgehead atoms. The van der Waals surface area contributed by atoms with Crippen LogP contribution in [0.5, 0.6) is 0 Å². The first kappa shape index (κ1) is 11.8. The van der Waals surface area contributed by atoms with E-state index in [0.717, 1.165) is 6.20 Å². The Morgan fingerprint density at radius 1 is 1.46 bits per heavy atom. The van der Waals surface area contributed by atoms with Gasteiger partial charge in [-0.2, -0.15) is 0 Å². The number of carbonyl (C=O) groups excluding carboxylic acids is 1. The molecule has 0 aliphatic carbocycles. The number of ketones is 1. The molecule has 0 aromatic carbocycles. The van der Waals surface area contributed by atoms with Gasteiger partial charge in [0.15, 0.2) is 5.78 Å². The van der Waals surface area contributed by atoms with E-state index < -0.39 is 17.0 Å². The number of aromatic nitrogens is 2. The summed E-state index contributed by atoms with van der Waals surface area (Å²) in [6.07, 6.45) is 1.05. The summed E-state index contributed by atoms with van der Waals surface area (Å²) in [5.41, 5.74) is 3.53. The lowest BCUT2D eigenvalue weighted by atomic mass is 10.2. The lowest BCUT2D eigenvalue weighted by Crippen LogP contribution is -2.29. The third kappa shape index (κ3) is 2.63. The molecule has 0 aliphatic heterocycles. The number of rotatable bonds is 2. The van der Waals surface area contributed by atoms with Gasteiger partial charge in [0.25, 0.3) is 5.56 Å². The van der Waals surface area contributed by atoms with Crippen LogP contribution in [0.1, 0.15) is 10.4 Å². The van der Waals surface area contributed by atoms with Crippen molar-refractivity contribution in [2.24, 2.45) is 5.73 Å². The van der Waals surface area contributed by atoms with Crippen molar-refractivity contribution >= 4 is 22.8 Å². The molecule has 13 heavy (non-hydrogen) atoms. The highest BCUT2D eigenvalue weighted by molar-refractivity contribution is 8.93. The molecule has 0 saturated heterocycles. The first-order valence-corrected chi connectivity index (χ1v) is 3.20. The van der Waals surface area contributed by atoms with Gasteiger partial charge in [-0.3, -0.25) is 14.6 Å². The van der Waals surface area contributed by atoms with Crippen LogP contribution in [0.2, 0.25) is 0 Å². The van der Waals surface area contributed by atoms with Crippen LogP contribution < -0.4 is 17.0 Å². The summed E-state index contributed by atoms with van der Waals surface area (Å²) < 4.78 is 0. The van der Waals surface area contributed by atoms with Crippen LogP contribution in [-0.4, -0.2) is 22.3 Å². The van der Waals surface area contributed by atoms with E-state index >= 15 is 0 Å². The highest BCUT2D eigenvalue weighted by atomic mass is 79.9. The fourth-order valence-corrected chi connectivity index (χ4v) is 0.727. The Hall–Kier alpha value is -1.21. The lowest BCUT2D eigenvalue weighted by Gasteiger charge is -1.93. The minimum absolute atomic E-state index is 0. The average Bonchev–Trinajstić information content (AvgIpc) is 2.03. The van der Waals surface area contributed by atoms with E-state index in [0.29, 0.717) is 0 Å². The van der Waals surface area contributed by atoms with Crippen molar-refractivity contribution in [1.29, 1.82) is 0 Å². The quantitative estimate of drug-likeness (QED) is 0.571. The minimum atomic E-state index is -0.714. The molecule has 0 unspecified atom stereocenters. The average molecular weight is 250 g/mol. The molecule has 7 heteroatoms. The molecule has 6 nitrogen and oxygen atoms in total. The number of aromatic amines is 2. The molecular weight excluding hydrogens is 242 g/mol. The van der Waals surface area contributed by atoms with E-state index in [1.165, 1.54) is 0 Å². The van der Waals surface area contributed by atoms with Crippen LogP contribution in [0.25, 0.3) is 0 Å². The molecule has 0 radical (unpaired) electrons. The molecule has 4 N–H and O–H groups in total. The van der Waals surface area contributed by atoms with Gasteiger partial charge in [0.05, 0.1) is 6.54 Å². The molecule has 1 aromatic rings. The summed E-state index contributed by atoms with van der Waals surface area (Å²) in [5.74, 6) is -0.507. The fraction of sp³-hybridized carbons (Fsp3) is 0.167. The van der Waals surface area contributed by atoms with Gasteiger partial charge in [-0.15, -0.1) is 17.0 Å². The van der Waals surface area contributed by atoms with Crippen molar-refractivity contribution in [3.05, 3.63) is 32.6 Å². The second-order valence-corrected chi connectivity index (χ2v) is 2.11. The Labute approximate surface area is 82.9 Å². The van der Waals surface area contributed by atoms with Gasteiger partial charge in [-0.05, 0) is 0 Å². The third-order valence-electron chi connectivity index (χ3n) is 1.31. The van der Waals surface area contributed by atoms with Gasteiger partial charge >= 0.3 is 5.69 Å². The summed E-state index contributed by atoms with van der Waals surface area (Å²) in [6.45, 7) is -0.255. The molecule has 0 atom stereocenters. The number of carbonyl (C=O) groups is 1. The lowest BCUT2D eigenvalue weighted by molar-refractivity contribution is 0.0999. The number of hydrogen-bond acceptors (Lipinski definition) is 4. The molecule has 72 valence electrons. The van der Waals surface area contributed by atoms with Crippen LogP contribution in [0, 0.1) is 0 Å². The summed E-state index contributed by atoms with van der Waals surface area (Å²) in [4.78, 5) is 36.3. The van der Waals surface area contributed by atoms with Gasteiger partial charge < -0.3 is 10.7 Å². The van der Waals surface area contributed by atoms with Crippen LogP contribution in [-0.2, 0) is 0 Å². The van der Waals surface area contributed by atoms with Crippen LogP contribution in [0.4, 0.5) is 0 Å². The van der Waals surface area contributed by atoms with E-state index in [4.69, 9.17) is 5.73 Å². The Morgan fingerprint density at radius 3 is 2.54 bits per heavy atom. The highest BCUT2D eigenvalue weighted by Crippen LogP contribution is 1.84. The molecule has 0 fully saturated rings. The van der Waals surface area contributed by atoms with Crippen molar-refractivity contribution in [2.75, 3.05) is 6.54 Å². The monoisotopic (exact) mass is 249 g/mol. The topological polar surface area (TPSA) is 109 Å². The highest BCUT2D eigenvalue weighted by Gasteiger charge is 2.07. The Bertz CT molecular complexity index is 408. The molecule has 0 spiro atoms. The molecule has 0 amide bonds. The van der Waals surface area contributed by atoms with Crippen LogP contribution >= 0.6 is 17.0 Å². The van der Waals surface area contributed by atoms with Gasteiger partial charge in [0.2, 0.25) is 0 Å². The maximum absolute atomic E-state index is 10.9. The third-order valence-corrected chi connectivity index (χ3v) is 1.31. The van der Waals surface area contributed by atoms with E-state index in [1.807, 2.05) is 4.98 Å². The zero-order valence-corrected chi connectivity index (χ0v) is 8.21. The smallest absolute Gasteiger partial charge is 0.324 e. The summed E-state index contributed by atoms with van der Waals surface area (Å²) in [7, 11) is 0. The van der Waals surface area contributed by atoms with Crippen LogP contribution in [0.15, 0.2) is 15.8 Å². The second kappa shape index (κ2) is 4.73. The van der Waals surface area contributed by atoms with Gasteiger partial charge in [0.1, 0.15) is 5.56 Å². The predicted molar refractivity (Wildman–Crippen MR) is 51.4 cm³/mol. The predicted octanol–water partition coefficient (Wildman–Crippen LogP) is -1.22. The first-order chi connectivity index (χ1) is 5.65. The van der Waals surface area contributed by atoms with Gasteiger partial charge in [0, 0.05) is 6.20 Å². The van der Waals surface area contributed by atoms with Crippen molar-refractivity contribution in [2.45, 2.75) is 0 Å². The van der Waals surface area contributed by atoms with Crippen LogP contribution in [0.3, 0.4) is 0 Å². The molecule has 0 saturated carbocycles. The largest absolute Gasteiger partial charge is 0.325 e. The Morgan fingerprint density at radius 2 is 2.08 bits per heavy atom. The van der Waals surface area contributed by atoms with E-state index in [9.17, 15) is 14.4 Å². The standard InChI is InChI=1S/C6H7N3O3.BrH/c7-1-4(10)3-2-8-6(12)9-5(3)11;/h2H,1,7H2,(H2,8,9,11,12);1H. The zero-order valence-electron chi connectivity index (χ0n) is 6.49. The van der Waals surface area contributed by atoms with Crippen molar-refractivity contribution < 1.29 is 4.79 Å². The zero-order chi connectivity index (χ0) is 9.14. The SMILES string of the molecule is Br.NCC(=O)c1c[nH]c(=O)[nH]c1=O. The molecule has 1 aromatic heterocycles. The summed E-state index contributed by atoms with van der Waals surface area (Å²) >= 11 is 0. The first-order valence-electron chi connectivity index (χ1n) is 3.20. The number of hydrogen-bond donors (Lipinski definition) is 3. The number of halogens is 1. The van der Waals surface area contributed by atoms with E-state index in [1.54, 1.807) is 0 Å². The van der Waals surface area contributed by atoms with E-state index in [-0.39, 0.29) is 29.1 Å². The maximum atomic E-state index is 10.9. The van der Waals surface area contributed by atoms with Crippen molar-refractivity contribution in [3.8, 4) is 0 Å². The normalized spacial score (nSPS) is 9.00. The number of nitrogens with two attached hydrogens (primary N) is 1. The molecular formula is C6H8BrN3O3. The van der Waals surface area contributed by atoms with E-state index in [2.05, 4.69) is 4.98 Å². The van der Waals surface area contributed by atoms with Gasteiger partial charge in [-0.25, -0.2) is 4.79 Å². The Balaban J connectivity index is 0.00000144. The Kier molecular flexibility index (Phi) is 4.29. The van der Waals surface area contributed by atoms with Crippen molar-refractivity contribution in [3.63, 3.8) is 0 Å². The number of H-pyrrole nitrogens is 2. The summed E-state index contributed by atoms with van der Waals surface area (Å²) in [6, 6.07) is 0. The maximum Gasteiger partial charge on any atom is 0.325 e. The fourth-order valence-electron chi connectivity index (χ4n) is 0.727. The molecule has 1 heterocycles. The number of Topliss-reactive ketones (excluding diaryl/α,β-unsaturated/α-hetero) is 1. The van der Waals surface area contributed by atoms with Gasteiger partial charge in [-0.1, -0.05) is 0 Å².